The molecule has 26 heavy (non-hydrogen) atoms. The zero-order chi connectivity index (χ0) is 19.3. The molecule has 1 amide bonds. The van der Waals surface area contributed by atoms with Crippen LogP contribution < -0.4 is 5.32 Å². The Morgan fingerprint density at radius 2 is 1.92 bits per heavy atom. The van der Waals surface area contributed by atoms with Crippen molar-refractivity contribution in [2.24, 2.45) is 5.92 Å². The zero-order valence-electron chi connectivity index (χ0n) is 15.0. The molecule has 146 valence electrons. The predicted octanol–water partition coefficient (Wildman–Crippen LogP) is 2.21. The molecule has 1 aliphatic rings. The Bertz CT molecular complexity index is 733. The van der Waals surface area contributed by atoms with Crippen LogP contribution in [0, 0.1) is 5.92 Å². The second-order valence-corrected chi connectivity index (χ2v) is 9.57. The van der Waals surface area contributed by atoms with E-state index in [1.54, 1.807) is 12.1 Å². The molecule has 1 heterocycles. The summed E-state index contributed by atoms with van der Waals surface area (Å²) in [6, 6.07) is 4.80. The van der Waals surface area contributed by atoms with Gasteiger partial charge in [0.25, 0.3) is 0 Å². The van der Waals surface area contributed by atoms with Gasteiger partial charge in [-0.3, -0.25) is 4.79 Å². The monoisotopic (exact) mass is 421 g/mol. The SMILES string of the molecule is CN(C)CCNC(=O)C1CCN(S(=O)(=O)Cc2ccc(Cl)cc2Cl)CC1. The second-order valence-electron chi connectivity index (χ2n) is 6.76. The lowest BCUT2D eigenvalue weighted by Gasteiger charge is -2.30. The summed E-state index contributed by atoms with van der Waals surface area (Å²) in [5.41, 5.74) is 0.527. The van der Waals surface area contributed by atoms with Gasteiger partial charge >= 0.3 is 0 Å². The number of carbonyl (C=O) groups is 1. The summed E-state index contributed by atoms with van der Waals surface area (Å²) >= 11 is 11.9. The van der Waals surface area contributed by atoms with E-state index < -0.39 is 10.0 Å². The van der Waals surface area contributed by atoms with Gasteiger partial charge in [-0.05, 0) is 44.6 Å². The molecular weight excluding hydrogens is 397 g/mol. The van der Waals surface area contributed by atoms with Crippen LogP contribution in [0.25, 0.3) is 0 Å². The number of sulfonamides is 1. The number of amides is 1. The van der Waals surface area contributed by atoms with Crippen LogP contribution in [0.4, 0.5) is 0 Å². The third-order valence-corrected chi connectivity index (χ3v) is 6.84. The molecule has 0 unspecified atom stereocenters. The molecule has 1 saturated heterocycles. The number of likely N-dealkylation sites (N-methyl/N-ethyl adjacent to an activating group) is 1. The van der Waals surface area contributed by atoms with Gasteiger partial charge in [0.05, 0.1) is 5.75 Å². The van der Waals surface area contributed by atoms with E-state index in [4.69, 9.17) is 23.2 Å². The summed E-state index contributed by atoms with van der Waals surface area (Å²) in [6.45, 7) is 2.07. The smallest absolute Gasteiger partial charge is 0.223 e. The van der Waals surface area contributed by atoms with Crippen molar-refractivity contribution >= 4 is 39.1 Å². The molecule has 2 rings (SSSR count). The molecule has 1 fully saturated rings. The van der Waals surface area contributed by atoms with Crippen LogP contribution >= 0.6 is 23.2 Å². The zero-order valence-corrected chi connectivity index (χ0v) is 17.4. The molecule has 1 aliphatic heterocycles. The van der Waals surface area contributed by atoms with Crippen molar-refractivity contribution in [2.75, 3.05) is 40.3 Å². The van der Waals surface area contributed by atoms with E-state index in [0.29, 0.717) is 48.1 Å². The maximum atomic E-state index is 12.6. The molecule has 1 aromatic carbocycles. The molecule has 9 heteroatoms. The Balaban J connectivity index is 1.88. The van der Waals surface area contributed by atoms with Crippen LogP contribution in [0.2, 0.25) is 10.0 Å². The van der Waals surface area contributed by atoms with Gasteiger partial charge in [0.2, 0.25) is 15.9 Å². The fourth-order valence-electron chi connectivity index (χ4n) is 2.87. The first-order chi connectivity index (χ1) is 12.2. The van der Waals surface area contributed by atoms with Gasteiger partial charge in [-0.15, -0.1) is 0 Å². The summed E-state index contributed by atoms with van der Waals surface area (Å²) in [5, 5.41) is 3.72. The molecule has 0 radical (unpaired) electrons. The third-order valence-electron chi connectivity index (χ3n) is 4.43. The highest BCUT2D eigenvalue weighted by Crippen LogP contribution is 2.26. The molecule has 0 spiro atoms. The molecular formula is C17H25Cl2N3O3S. The van der Waals surface area contributed by atoms with Gasteiger partial charge in [0.15, 0.2) is 0 Å². The van der Waals surface area contributed by atoms with Crippen LogP contribution in [-0.2, 0) is 20.6 Å². The number of hydrogen-bond donors (Lipinski definition) is 1. The maximum absolute atomic E-state index is 12.6. The van der Waals surface area contributed by atoms with E-state index in [1.165, 1.54) is 10.4 Å². The van der Waals surface area contributed by atoms with E-state index in [0.717, 1.165) is 6.54 Å². The maximum Gasteiger partial charge on any atom is 0.223 e. The highest BCUT2D eigenvalue weighted by Gasteiger charge is 2.31. The first-order valence-electron chi connectivity index (χ1n) is 8.53. The topological polar surface area (TPSA) is 69.7 Å². The summed E-state index contributed by atoms with van der Waals surface area (Å²) < 4.78 is 26.7. The standard InChI is InChI=1S/C17H25Cl2N3O3S/c1-21(2)10-7-20-17(23)13-5-8-22(9-6-13)26(24,25)12-14-3-4-15(18)11-16(14)19/h3-4,11,13H,5-10,12H2,1-2H3,(H,20,23). The summed E-state index contributed by atoms with van der Waals surface area (Å²) in [4.78, 5) is 14.2. The molecule has 1 N–H and O–H groups in total. The second kappa shape index (κ2) is 9.37. The molecule has 0 aliphatic carbocycles. The quantitative estimate of drug-likeness (QED) is 0.732. The number of piperidine rings is 1. The number of halogens is 2. The van der Waals surface area contributed by atoms with Gasteiger partial charge in [-0.2, -0.15) is 0 Å². The largest absolute Gasteiger partial charge is 0.355 e. The average Bonchev–Trinajstić information content (AvgIpc) is 2.57. The first kappa shape index (κ1) is 21.4. The minimum absolute atomic E-state index is 0.00430. The van der Waals surface area contributed by atoms with Crippen molar-refractivity contribution in [1.82, 2.24) is 14.5 Å². The summed E-state index contributed by atoms with van der Waals surface area (Å²) in [6.07, 6.45) is 1.06. The fourth-order valence-corrected chi connectivity index (χ4v) is 5.02. The van der Waals surface area contributed by atoms with E-state index in [1.807, 2.05) is 19.0 Å². The number of carbonyl (C=O) groups excluding carboxylic acids is 1. The van der Waals surface area contributed by atoms with Gasteiger partial charge in [-0.1, -0.05) is 29.3 Å². The Kier molecular flexibility index (Phi) is 7.73. The summed E-state index contributed by atoms with van der Waals surface area (Å²) in [5.74, 6) is -0.296. The third kappa shape index (κ3) is 6.09. The number of benzene rings is 1. The molecule has 1 aromatic rings. The molecule has 0 aromatic heterocycles. The number of hydrogen-bond acceptors (Lipinski definition) is 4. The minimum atomic E-state index is -3.48. The van der Waals surface area contributed by atoms with Gasteiger partial charge in [-0.25, -0.2) is 12.7 Å². The lowest BCUT2D eigenvalue weighted by molar-refractivity contribution is -0.126. The Morgan fingerprint density at radius 3 is 2.50 bits per heavy atom. The number of nitrogens with zero attached hydrogens (tertiary/aromatic N) is 2. The van der Waals surface area contributed by atoms with Crippen molar-refractivity contribution < 1.29 is 13.2 Å². The van der Waals surface area contributed by atoms with Gasteiger partial charge < -0.3 is 10.2 Å². The van der Waals surface area contributed by atoms with Gasteiger partial charge in [0.1, 0.15) is 0 Å². The first-order valence-corrected chi connectivity index (χ1v) is 10.9. The van der Waals surface area contributed by atoms with Crippen molar-refractivity contribution in [3.63, 3.8) is 0 Å². The van der Waals surface area contributed by atoms with Crippen molar-refractivity contribution in [2.45, 2.75) is 18.6 Å². The Morgan fingerprint density at radius 1 is 1.27 bits per heavy atom. The normalized spacial score (nSPS) is 16.8. The number of nitrogens with one attached hydrogen (secondary N) is 1. The molecule has 6 nitrogen and oxygen atoms in total. The lowest BCUT2D eigenvalue weighted by Crippen LogP contribution is -2.44. The molecule has 0 atom stereocenters. The van der Waals surface area contributed by atoms with Crippen LogP contribution in [0.15, 0.2) is 18.2 Å². The Labute approximate surface area is 165 Å². The van der Waals surface area contributed by atoms with E-state index >= 15 is 0 Å². The number of rotatable bonds is 7. The fraction of sp³-hybridized carbons (Fsp3) is 0.588. The van der Waals surface area contributed by atoms with Crippen molar-refractivity contribution in [1.29, 1.82) is 0 Å². The van der Waals surface area contributed by atoms with E-state index in [-0.39, 0.29) is 17.6 Å². The van der Waals surface area contributed by atoms with Crippen LogP contribution in [-0.4, -0.2) is 63.8 Å². The van der Waals surface area contributed by atoms with E-state index in [9.17, 15) is 13.2 Å². The highest BCUT2D eigenvalue weighted by atomic mass is 35.5. The predicted molar refractivity (Wildman–Crippen MR) is 105 cm³/mol. The van der Waals surface area contributed by atoms with Crippen LogP contribution in [0.5, 0.6) is 0 Å². The summed E-state index contributed by atoms with van der Waals surface area (Å²) in [7, 11) is 0.412. The minimum Gasteiger partial charge on any atom is -0.355 e. The van der Waals surface area contributed by atoms with Crippen molar-refractivity contribution in [3.8, 4) is 0 Å². The molecule has 0 saturated carbocycles. The van der Waals surface area contributed by atoms with Gasteiger partial charge in [0, 0.05) is 42.1 Å². The van der Waals surface area contributed by atoms with Crippen LogP contribution in [0.1, 0.15) is 18.4 Å². The molecule has 0 bridgehead atoms. The van der Waals surface area contributed by atoms with E-state index in [2.05, 4.69) is 5.32 Å². The lowest BCUT2D eigenvalue weighted by atomic mass is 9.97. The Hall–Kier alpha value is -0.860. The average molecular weight is 422 g/mol. The highest BCUT2D eigenvalue weighted by molar-refractivity contribution is 7.88. The van der Waals surface area contributed by atoms with Crippen molar-refractivity contribution in [3.05, 3.63) is 33.8 Å². The van der Waals surface area contributed by atoms with Crippen LogP contribution in [0.3, 0.4) is 0 Å².